The summed E-state index contributed by atoms with van der Waals surface area (Å²) in [5.41, 5.74) is -1.11. The lowest BCUT2D eigenvalue weighted by molar-refractivity contribution is -0.260. The van der Waals surface area contributed by atoms with Gasteiger partial charge in [0, 0.05) is 25.4 Å². The number of H-pyrrole nitrogens is 1. The smallest absolute Gasteiger partial charge is 0.330 e. The third kappa shape index (κ3) is 16.7. The molecule has 208 valence electrons. The molecule has 1 aromatic rings. The second-order valence-corrected chi connectivity index (χ2v) is 8.98. The first kappa shape index (κ1) is 34.4. The highest BCUT2D eigenvalue weighted by Crippen LogP contribution is 2.26. The van der Waals surface area contributed by atoms with E-state index in [2.05, 4.69) is 64.6 Å². The minimum absolute atomic E-state index is 0.0125. The summed E-state index contributed by atoms with van der Waals surface area (Å²) < 4.78 is 16.2. The van der Waals surface area contributed by atoms with Crippen LogP contribution in [0.5, 0.6) is 0 Å². The van der Waals surface area contributed by atoms with E-state index >= 15 is 0 Å². The van der Waals surface area contributed by atoms with Crippen LogP contribution in [0, 0.1) is 23.2 Å². The van der Waals surface area contributed by atoms with Crippen LogP contribution in [-0.2, 0) is 23.5 Å². The number of rotatable bonds is 11. The summed E-state index contributed by atoms with van der Waals surface area (Å²) in [7, 11) is 1.63. The third-order valence-electron chi connectivity index (χ3n) is 4.25. The molecule has 2 heterocycles. The van der Waals surface area contributed by atoms with Crippen molar-refractivity contribution in [3.8, 4) is 17.9 Å². The lowest BCUT2D eigenvalue weighted by Crippen LogP contribution is -2.33. The fourth-order valence-corrected chi connectivity index (χ4v) is 3.28. The summed E-state index contributed by atoms with van der Waals surface area (Å²) in [6.07, 6.45) is 2.53. The third-order valence-corrected chi connectivity index (χ3v) is 4.73. The Kier molecular flexibility index (Phi) is 20.0. The van der Waals surface area contributed by atoms with Crippen LogP contribution in [0.2, 0.25) is 0 Å². The molecule has 37 heavy (non-hydrogen) atoms. The van der Waals surface area contributed by atoms with Gasteiger partial charge in [-0.05, 0) is 12.8 Å². The van der Waals surface area contributed by atoms with E-state index in [0.717, 1.165) is 0 Å². The van der Waals surface area contributed by atoms with Gasteiger partial charge in [0.15, 0.2) is 9.03 Å². The van der Waals surface area contributed by atoms with Crippen LogP contribution in [0.15, 0.2) is 15.8 Å². The van der Waals surface area contributed by atoms with Crippen LogP contribution in [0.1, 0.15) is 58.7 Å². The zero-order chi connectivity index (χ0) is 28.1. The molecule has 3 unspecified atom stereocenters. The van der Waals surface area contributed by atoms with Crippen molar-refractivity contribution >= 4 is 15.4 Å². The largest absolute Gasteiger partial charge is 0.352 e. The van der Waals surface area contributed by atoms with E-state index in [-0.39, 0.29) is 33.9 Å². The number of ether oxygens (including phenoxy) is 1. The average Bonchev–Trinajstić information content (AvgIpc) is 3.29. The topological polar surface area (TPSA) is 177 Å². The minimum atomic E-state index is -0.604. The maximum absolute atomic E-state index is 11.9. The molecule has 2 rings (SSSR count). The maximum atomic E-state index is 11.9. The molecule has 1 amide bonds. The zero-order valence-corrected chi connectivity index (χ0v) is 22.9. The molecule has 14 heteroatoms. The van der Waals surface area contributed by atoms with Gasteiger partial charge in [-0.2, -0.15) is 5.26 Å². The molecule has 0 saturated carbocycles. The Bertz CT molecular complexity index is 974. The monoisotopic (exact) mass is 543 g/mol. The highest BCUT2D eigenvalue weighted by Gasteiger charge is 2.27. The van der Waals surface area contributed by atoms with Crippen LogP contribution < -0.4 is 21.9 Å². The molecule has 3 atom stereocenters. The molecule has 4 N–H and O–H groups in total. The summed E-state index contributed by atoms with van der Waals surface area (Å²) >= 11 is 0. The number of nitrogens with zero attached hydrogens (tertiary/aromatic N) is 2. The van der Waals surface area contributed by atoms with E-state index in [4.69, 9.17) is 19.8 Å². The Labute approximate surface area is 218 Å². The van der Waals surface area contributed by atoms with Crippen LogP contribution in [0.3, 0.4) is 0 Å². The number of aromatic amines is 1. The molecule has 1 saturated heterocycles. The van der Waals surface area contributed by atoms with Crippen molar-refractivity contribution in [2.45, 2.75) is 71.4 Å². The number of hydrogen-bond acceptors (Lipinski definition) is 10. The summed E-state index contributed by atoms with van der Waals surface area (Å²) in [5.74, 6) is 5.17. The van der Waals surface area contributed by atoms with Crippen molar-refractivity contribution in [2.75, 3.05) is 26.9 Å². The Morgan fingerprint density at radius 1 is 1.32 bits per heavy atom. The molecule has 0 bridgehead atoms. The Balaban J connectivity index is 0.000000711. The summed E-state index contributed by atoms with van der Waals surface area (Å²) in [6.45, 7) is 9.19. The maximum Gasteiger partial charge on any atom is 0.330 e. The second-order valence-electron chi connectivity index (χ2n) is 8.12. The quantitative estimate of drug-likeness (QED) is 0.0793. The fraction of sp³-hybridized carbons (Fsp3) is 0.652. The lowest BCUT2D eigenvalue weighted by atomic mass is 10.2. The first-order chi connectivity index (χ1) is 17.7. The van der Waals surface area contributed by atoms with Crippen LogP contribution >= 0.6 is 9.03 Å². The highest BCUT2D eigenvalue weighted by atomic mass is 31.1. The van der Waals surface area contributed by atoms with Gasteiger partial charge in [0.1, 0.15) is 18.4 Å². The van der Waals surface area contributed by atoms with Crippen molar-refractivity contribution in [3.63, 3.8) is 0 Å². The zero-order valence-electron chi connectivity index (χ0n) is 21.9. The van der Waals surface area contributed by atoms with Crippen molar-refractivity contribution in [3.05, 3.63) is 32.6 Å². The summed E-state index contributed by atoms with van der Waals surface area (Å²) in [4.78, 5) is 39.8. The molecule has 13 nitrogen and oxygen atoms in total. The standard InChI is InChI=1S/C13H15N3O6.C6H15N.C4H8NO2P/c17-8-14-5-1-2-9-6-16(13(19)15-12(9)18)11-4-3-10(22-11)7-21-20;1-5(2)7-6(3)4;1-6-8-7-4-2-3-5/h6,8,10-11,20H,3-5,7H2,(H,14,17)(H,15,18,19);5-7H,1-4H3;8H,2,4H2,1H3. The van der Waals surface area contributed by atoms with Crippen LogP contribution in [0.4, 0.5) is 0 Å². The molecule has 0 aromatic carbocycles. The normalized spacial score (nSPS) is 16.3. The van der Waals surface area contributed by atoms with Gasteiger partial charge in [0.2, 0.25) is 6.41 Å². The minimum Gasteiger partial charge on any atom is -0.352 e. The van der Waals surface area contributed by atoms with Crippen molar-refractivity contribution in [1.82, 2.24) is 20.2 Å². The second kappa shape index (κ2) is 21.5. The number of amides is 1. The molecular formula is C23H38N5O8P. The molecule has 0 radical (unpaired) electrons. The Morgan fingerprint density at radius 3 is 2.57 bits per heavy atom. The van der Waals surface area contributed by atoms with E-state index in [0.29, 0.717) is 44.4 Å². The molecule has 1 fully saturated rings. The molecule has 0 aliphatic carbocycles. The van der Waals surface area contributed by atoms with E-state index < -0.39 is 17.5 Å². The number of hydrogen-bond donors (Lipinski definition) is 4. The van der Waals surface area contributed by atoms with Gasteiger partial charge >= 0.3 is 5.69 Å². The summed E-state index contributed by atoms with van der Waals surface area (Å²) in [6, 6.07) is 3.20. The van der Waals surface area contributed by atoms with Gasteiger partial charge < -0.3 is 24.4 Å². The average molecular weight is 544 g/mol. The van der Waals surface area contributed by atoms with E-state index in [1.807, 2.05) is 6.07 Å². The van der Waals surface area contributed by atoms with Crippen LogP contribution in [0.25, 0.3) is 0 Å². The number of aromatic nitrogens is 2. The number of nitrogens with one attached hydrogen (secondary N) is 3. The fourth-order valence-electron chi connectivity index (χ4n) is 2.98. The SMILES string of the molecule is CC(C)NC(C)C.COPOCCC#N.O=CNCC#Cc1cn(C2CCC(COO)O2)c(=O)[nH]c1=O. The van der Waals surface area contributed by atoms with Gasteiger partial charge in [0.25, 0.3) is 5.56 Å². The molecular weight excluding hydrogens is 505 g/mol. The molecule has 1 aliphatic rings. The predicted octanol–water partition coefficient (Wildman–Crippen LogP) is 1.27. The first-order valence-electron chi connectivity index (χ1n) is 11.7. The van der Waals surface area contributed by atoms with E-state index in [1.54, 1.807) is 7.11 Å². The van der Waals surface area contributed by atoms with Gasteiger partial charge in [-0.1, -0.05) is 39.5 Å². The van der Waals surface area contributed by atoms with Crippen molar-refractivity contribution in [1.29, 1.82) is 5.26 Å². The molecule has 1 aromatic heterocycles. The highest BCUT2D eigenvalue weighted by molar-refractivity contribution is 7.26. The van der Waals surface area contributed by atoms with Crippen molar-refractivity contribution in [2.24, 2.45) is 0 Å². The van der Waals surface area contributed by atoms with E-state index in [1.165, 1.54) is 10.8 Å². The van der Waals surface area contributed by atoms with Crippen molar-refractivity contribution < 1.29 is 28.7 Å². The predicted molar refractivity (Wildman–Crippen MR) is 139 cm³/mol. The Morgan fingerprint density at radius 2 is 2.03 bits per heavy atom. The lowest BCUT2D eigenvalue weighted by Gasteiger charge is -2.15. The van der Waals surface area contributed by atoms with Crippen LogP contribution in [-0.4, -0.2) is 66.3 Å². The first-order valence-corrected chi connectivity index (χ1v) is 12.5. The van der Waals surface area contributed by atoms with E-state index in [9.17, 15) is 14.4 Å². The summed E-state index contributed by atoms with van der Waals surface area (Å²) in [5, 5.41) is 22.1. The number of carbonyl (C=O) groups is 1. The molecule has 1 aliphatic heterocycles. The molecule has 0 spiro atoms. The van der Waals surface area contributed by atoms with Gasteiger partial charge in [-0.15, -0.1) is 0 Å². The van der Waals surface area contributed by atoms with Gasteiger partial charge in [0.05, 0.1) is 31.7 Å². The van der Waals surface area contributed by atoms with Gasteiger partial charge in [-0.25, -0.2) is 9.68 Å². The number of nitriles is 1. The van der Waals surface area contributed by atoms with Gasteiger partial charge in [-0.3, -0.25) is 24.4 Å². The number of carbonyl (C=O) groups excluding carboxylic acids is 1. The Hall–Kier alpha value is -2.61.